The van der Waals surface area contributed by atoms with Crippen molar-refractivity contribution in [2.75, 3.05) is 24.6 Å². The van der Waals surface area contributed by atoms with Crippen molar-refractivity contribution in [3.63, 3.8) is 0 Å². The molecule has 1 fully saturated rings. The molecule has 16 heavy (non-hydrogen) atoms. The zero-order valence-corrected chi connectivity index (χ0v) is 11.3. The van der Waals surface area contributed by atoms with Gasteiger partial charge in [-0.25, -0.2) is 0 Å². The molecule has 0 bridgehead atoms. The van der Waals surface area contributed by atoms with Crippen molar-refractivity contribution >= 4 is 17.7 Å². The quantitative estimate of drug-likeness (QED) is 0.825. The van der Waals surface area contributed by atoms with E-state index in [9.17, 15) is 9.90 Å². The highest BCUT2D eigenvalue weighted by Crippen LogP contribution is 2.27. The van der Waals surface area contributed by atoms with Gasteiger partial charge in [-0.3, -0.25) is 9.69 Å². The van der Waals surface area contributed by atoms with Crippen LogP contribution in [0.4, 0.5) is 0 Å². The van der Waals surface area contributed by atoms with Crippen LogP contribution >= 0.6 is 11.8 Å². The molecule has 1 aliphatic heterocycles. The summed E-state index contributed by atoms with van der Waals surface area (Å²) in [5, 5.41) is 9.48. The molecule has 4 heteroatoms. The molecule has 0 aromatic rings. The normalized spacial score (nSPS) is 22.8. The molecule has 0 aliphatic carbocycles. The smallest absolute Gasteiger partial charge is 0.323 e. The summed E-state index contributed by atoms with van der Waals surface area (Å²) in [6.45, 7) is 7.88. The lowest BCUT2D eigenvalue weighted by Crippen LogP contribution is -2.54. The van der Waals surface area contributed by atoms with Crippen LogP contribution in [0.3, 0.4) is 0 Å². The molecule has 0 aromatic carbocycles. The second-order valence-corrected chi connectivity index (χ2v) is 6.35. The van der Waals surface area contributed by atoms with E-state index < -0.39 is 11.5 Å². The van der Waals surface area contributed by atoms with Gasteiger partial charge in [0.2, 0.25) is 0 Å². The number of hydrogen-bond donors (Lipinski definition) is 1. The fraction of sp³-hybridized carbons (Fsp3) is 0.917. The molecule has 1 heterocycles. The fourth-order valence-corrected chi connectivity index (χ4v) is 3.27. The van der Waals surface area contributed by atoms with Crippen LogP contribution in [0.2, 0.25) is 0 Å². The van der Waals surface area contributed by atoms with E-state index in [1.54, 1.807) is 0 Å². The third-order valence-electron chi connectivity index (χ3n) is 3.19. The molecular weight excluding hydrogens is 222 g/mol. The molecule has 1 N–H and O–H groups in total. The van der Waals surface area contributed by atoms with Gasteiger partial charge < -0.3 is 5.11 Å². The van der Waals surface area contributed by atoms with Gasteiger partial charge >= 0.3 is 5.97 Å². The lowest BCUT2D eigenvalue weighted by atomic mass is 9.88. The summed E-state index contributed by atoms with van der Waals surface area (Å²) in [5.74, 6) is 1.96. The van der Waals surface area contributed by atoms with Crippen LogP contribution < -0.4 is 0 Å². The van der Waals surface area contributed by atoms with Crippen LogP contribution in [0.15, 0.2) is 0 Å². The van der Waals surface area contributed by atoms with Crippen molar-refractivity contribution < 1.29 is 9.90 Å². The summed E-state index contributed by atoms with van der Waals surface area (Å²) in [6, 6.07) is 0. The number of carboxylic acids is 1. The van der Waals surface area contributed by atoms with Gasteiger partial charge in [0.15, 0.2) is 0 Å². The Morgan fingerprint density at radius 3 is 2.69 bits per heavy atom. The van der Waals surface area contributed by atoms with Crippen molar-refractivity contribution in [2.45, 2.75) is 39.2 Å². The third kappa shape index (κ3) is 3.39. The van der Waals surface area contributed by atoms with Crippen molar-refractivity contribution in [1.82, 2.24) is 4.90 Å². The van der Waals surface area contributed by atoms with Crippen molar-refractivity contribution in [3.8, 4) is 0 Å². The van der Waals surface area contributed by atoms with E-state index in [-0.39, 0.29) is 0 Å². The lowest BCUT2D eigenvalue weighted by Gasteiger charge is -2.38. The lowest BCUT2D eigenvalue weighted by molar-refractivity contribution is -0.151. The Morgan fingerprint density at radius 2 is 2.12 bits per heavy atom. The van der Waals surface area contributed by atoms with Gasteiger partial charge in [-0.1, -0.05) is 13.8 Å². The second-order valence-electron chi connectivity index (χ2n) is 5.13. The van der Waals surface area contributed by atoms with Crippen molar-refractivity contribution in [1.29, 1.82) is 0 Å². The van der Waals surface area contributed by atoms with Gasteiger partial charge in [-0.15, -0.1) is 0 Å². The van der Waals surface area contributed by atoms with E-state index in [4.69, 9.17) is 0 Å². The molecule has 0 saturated carbocycles. The number of aliphatic carboxylic acids is 1. The highest BCUT2D eigenvalue weighted by molar-refractivity contribution is 7.99. The third-order valence-corrected chi connectivity index (χ3v) is 4.24. The number of carboxylic acid groups (broad SMARTS) is 1. The Kier molecular flexibility index (Phi) is 5.12. The van der Waals surface area contributed by atoms with Crippen molar-refractivity contribution in [3.05, 3.63) is 0 Å². The molecule has 0 amide bonds. The number of carbonyl (C=O) groups is 1. The molecule has 1 aliphatic rings. The predicted molar refractivity (Wildman–Crippen MR) is 69.0 cm³/mol. The average Bonchev–Trinajstić information content (AvgIpc) is 2.44. The van der Waals surface area contributed by atoms with Crippen LogP contribution in [-0.2, 0) is 4.79 Å². The van der Waals surface area contributed by atoms with Crippen LogP contribution in [0.25, 0.3) is 0 Å². The summed E-state index contributed by atoms with van der Waals surface area (Å²) >= 11 is 1.93. The maximum atomic E-state index is 11.5. The fourth-order valence-electron chi connectivity index (χ4n) is 2.39. The first kappa shape index (κ1) is 13.8. The van der Waals surface area contributed by atoms with Crippen LogP contribution in [-0.4, -0.2) is 46.1 Å². The molecule has 1 unspecified atom stereocenters. The molecule has 0 radical (unpaired) electrons. The summed E-state index contributed by atoms with van der Waals surface area (Å²) in [4.78, 5) is 13.7. The van der Waals surface area contributed by atoms with E-state index in [2.05, 4.69) is 18.7 Å². The van der Waals surface area contributed by atoms with Gasteiger partial charge in [0.05, 0.1) is 0 Å². The van der Waals surface area contributed by atoms with E-state index >= 15 is 0 Å². The van der Waals surface area contributed by atoms with E-state index in [1.165, 1.54) is 0 Å². The highest BCUT2D eigenvalue weighted by atomic mass is 32.2. The first-order chi connectivity index (χ1) is 7.47. The van der Waals surface area contributed by atoms with Crippen LogP contribution in [0, 0.1) is 5.92 Å². The predicted octanol–water partition coefficient (Wildman–Crippen LogP) is 2.31. The van der Waals surface area contributed by atoms with Gasteiger partial charge in [-0.05, 0) is 31.4 Å². The monoisotopic (exact) mass is 245 g/mol. The Balaban J connectivity index is 2.77. The van der Waals surface area contributed by atoms with E-state index in [0.717, 1.165) is 37.4 Å². The molecule has 1 atom stereocenters. The van der Waals surface area contributed by atoms with Gasteiger partial charge in [0.25, 0.3) is 0 Å². The topological polar surface area (TPSA) is 40.5 Å². The van der Waals surface area contributed by atoms with Crippen LogP contribution in [0.5, 0.6) is 0 Å². The Morgan fingerprint density at radius 1 is 1.44 bits per heavy atom. The number of nitrogens with zero attached hydrogens (tertiary/aromatic N) is 1. The maximum Gasteiger partial charge on any atom is 0.323 e. The number of thioether (sulfide) groups is 1. The summed E-state index contributed by atoms with van der Waals surface area (Å²) in [7, 11) is 0. The zero-order valence-electron chi connectivity index (χ0n) is 10.5. The second kappa shape index (κ2) is 5.92. The van der Waals surface area contributed by atoms with Crippen LogP contribution in [0.1, 0.15) is 33.6 Å². The molecule has 1 saturated heterocycles. The van der Waals surface area contributed by atoms with Gasteiger partial charge in [0, 0.05) is 18.8 Å². The first-order valence-electron chi connectivity index (χ1n) is 6.03. The average molecular weight is 245 g/mol. The van der Waals surface area contributed by atoms with Gasteiger partial charge in [-0.2, -0.15) is 11.8 Å². The number of hydrogen-bond acceptors (Lipinski definition) is 3. The van der Waals surface area contributed by atoms with E-state index in [1.807, 2.05) is 18.7 Å². The minimum atomic E-state index is -0.681. The summed E-state index contributed by atoms with van der Waals surface area (Å²) in [6.07, 6.45) is 1.83. The molecule has 3 nitrogen and oxygen atoms in total. The largest absolute Gasteiger partial charge is 0.480 e. The first-order valence-corrected chi connectivity index (χ1v) is 7.18. The molecule has 94 valence electrons. The number of rotatable bonds is 4. The molecular formula is C12H23NO2S. The maximum absolute atomic E-state index is 11.5. The minimum absolute atomic E-state index is 0.414. The van der Waals surface area contributed by atoms with Crippen molar-refractivity contribution in [2.24, 2.45) is 5.92 Å². The van der Waals surface area contributed by atoms with Gasteiger partial charge in [0.1, 0.15) is 5.54 Å². The minimum Gasteiger partial charge on any atom is -0.480 e. The molecule has 1 rings (SSSR count). The molecule has 0 aromatic heterocycles. The summed E-state index contributed by atoms with van der Waals surface area (Å²) in [5.41, 5.74) is -0.681. The SMILES string of the molecule is CC(C)CC(C)(C(=O)O)N1CCCSCC1. The summed E-state index contributed by atoms with van der Waals surface area (Å²) < 4.78 is 0. The van der Waals surface area contributed by atoms with E-state index in [0.29, 0.717) is 5.92 Å². The highest BCUT2D eigenvalue weighted by Gasteiger charge is 2.39. The zero-order chi connectivity index (χ0) is 12.2. The Labute approximate surface area is 103 Å². The standard InChI is InChI=1S/C12H23NO2S/c1-10(2)9-12(3,11(14)15)13-5-4-7-16-8-6-13/h10H,4-9H2,1-3H3,(H,14,15). The Hall–Kier alpha value is -0.220. The Bertz CT molecular complexity index is 237. The molecule has 0 spiro atoms.